The van der Waals surface area contributed by atoms with Gasteiger partial charge >= 0.3 is 0 Å². The first-order valence-electron chi connectivity index (χ1n) is 5.02. The molecule has 13 heavy (non-hydrogen) atoms. The molecule has 0 saturated carbocycles. The van der Waals surface area contributed by atoms with Crippen LogP contribution in [-0.4, -0.2) is 24.9 Å². The molecule has 80 valence electrons. The number of hydrogen-bond donors (Lipinski definition) is 0. The fourth-order valence-electron chi connectivity index (χ4n) is 0.777. The predicted octanol–water partition coefficient (Wildman–Crippen LogP) is 3.01. The minimum atomic E-state index is -0.0657. The van der Waals surface area contributed by atoms with Crippen LogP contribution in [0.2, 0.25) is 0 Å². The quantitative estimate of drug-likeness (QED) is 0.638. The van der Waals surface area contributed by atoms with Gasteiger partial charge in [0, 0.05) is 7.11 Å². The van der Waals surface area contributed by atoms with Crippen molar-refractivity contribution in [2.24, 2.45) is 0 Å². The van der Waals surface area contributed by atoms with Crippen LogP contribution in [0, 0.1) is 0 Å². The molecule has 0 aromatic heterocycles. The van der Waals surface area contributed by atoms with Crippen molar-refractivity contribution in [2.45, 2.75) is 58.7 Å². The van der Waals surface area contributed by atoms with Gasteiger partial charge in [-0.2, -0.15) is 0 Å². The van der Waals surface area contributed by atoms with E-state index in [0.717, 1.165) is 19.4 Å². The van der Waals surface area contributed by atoms with Gasteiger partial charge in [0.15, 0.2) is 0 Å². The van der Waals surface area contributed by atoms with E-state index in [-0.39, 0.29) is 11.2 Å². The maximum atomic E-state index is 5.74. The molecule has 0 saturated heterocycles. The standard InChI is InChI=1S/C11H24O2/c1-7-10(2,3)13-9-8-11(4,5)12-6/h7-9H2,1-6H3. The average Bonchev–Trinajstić information content (AvgIpc) is 2.04. The largest absolute Gasteiger partial charge is 0.379 e. The van der Waals surface area contributed by atoms with Gasteiger partial charge in [0.05, 0.1) is 17.8 Å². The van der Waals surface area contributed by atoms with Gasteiger partial charge in [-0.25, -0.2) is 0 Å². The number of ether oxygens (including phenoxy) is 2. The molecule has 0 aliphatic heterocycles. The van der Waals surface area contributed by atoms with Crippen LogP contribution in [0.3, 0.4) is 0 Å². The fourth-order valence-corrected chi connectivity index (χ4v) is 0.777. The molecule has 0 aliphatic carbocycles. The first-order valence-corrected chi connectivity index (χ1v) is 5.02. The molecule has 0 radical (unpaired) electrons. The molecule has 0 heterocycles. The normalized spacial score (nSPS) is 13.4. The topological polar surface area (TPSA) is 18.5 Å². The van der Waals surface area contributed by atoms with Crippen molar-refractivity contribution in [3.63, 3.8) is 0 Å². The third-order valence-electron chi connectivity index (χ3n) is 2.60. The van der Waals surface area contributed by atoms with Gasteiger partial charge in [0.2, 0.25) is 0 Å². The molecule has 0 bridgehead atoms. The second-order valence-electron chi connectivity index (χ2n) is 4.68. The van der Waals surface area contributed by atoms with Gasteiger partial charge in [-0.15, -0.1) is 0 Å². The van der Waals surface area contributed by atoms with E-state index < -0.39 is 0 Å². The highest BCUT2D eigenvalue weighted by molar-refractivity contribution is 4.70. The van der Waals surface area contributed by atoms with Crippen molar-refractivity contribution >= 4 is 0 Å². The molecule has 0 N–H and O–H groups in total. The SMILES string of the molecule is CCC(C)(C)OCCC(C)(C)OC. The van der Waals surface area contributed by atoms with Crippen molar-refractivity contribution in [1.82, 2.24) is 0 Å². The first kappa shape index (κ1) is 12.9. The maximum absolute atomic E-state index is 5.74. The van der Waals surface area contributed by atoms with Crippen LogP contribution in [-0.2, 0) is 9.47 Å². The lowest BCUT2D eigenvalue weighted by Gasteiger charge is -2.27. The summed E-state index contributed by atoms with van der Waals surface area (Å²) in [4.78, 5) is 0. The molecule has 0 spiro atoms. The maximum Gasteiger partial charge on any atom is 0.0644 e. The zero-order valence-corrected chi connectivity index (χ0v) is 9.94. The van der Waals surface area contributed by atoms with Crippen molar-refractivity contribution < 1.29 is 9.47 Å². The first-order chi connectivity index (χ1) is 5.83. The van der Waals surface area contributed by atoms with Crippen LogP contribution >= 0.6 is 0 Å². The number of hydrogen-bond acceptors (Lipinski definition) is 2. The Labute approximate surface area is 82.6 Å². The van der Waals surface area contributed by atoms with E-state index >= 15 is 0 Å². The Hall–Kier alpha value is -0.0800. The molecule has 0 amide bonds. The molecule has 0 aromatic carbocycles. The molecule has 0 aromatic rings. The Morgan fingerprint density at radius 2 is 1.54 bits per heavy atom. The van der Waals surface area contributed by atoms with Gasteiger partial charge < -0.3 is 9.47 Å². The van der Waals surface area contributed by atoms with Crippen molar-refractivity contribution in [3.05, 3.63) is 0 Å². The molecule has 0 unspecified atom stereocenters. The Bertz CT molecular complexity index is 123. The smallest absolute Gasteiger partial charge is 0.0644 e. The van der Waals surface area contributed by atoms with Crippen LogP contribution in [0.15, 0.2) is 0 Å². The highest BCUT2D eigenvalue weighted by Crippen LogP contribution is 2.18. The Kier molecular flexibility index (Phi) is 4.93. The van der Waals surface area contributed by atoms with Crippen LogP contribution in [0.4, 0.5) is 0 Å². The fraction of sp³-hybridized carbons (Fsp3) is 1.00. The van der Waals surface area contributed by atoms with Crippen molar-refractivity contribution in [2.75, 3.05) is 13.7 Å². The summed E-state index contributed by atoms with van der Waals surface area (Å²) >= 11 is 0. The highest BCUT2D eigenvalue weighted by atomic mass is 16.5. The molecule has 2 nitrogen and oxygen atoms in total. The Morgan fingerprint density at radius 3 is 1.92 bits per heavy atom. The summed E-state index contributed by atoms with van der Waals surface area (Å²) in [5.41, 5.74) is -0.0619. The monoisotopic (exact) mass is 188 g/mol. The van der Waals surface area contributed by atoms with Crippen LogP contribution in [0.1, 0.15) is 47.5 Å². The lowest BCUT2D eigenvalue weighted by Crippen LogP contribution is -2.29. The third kappa shape index (κ3) is 6.05. The summed E-state index contributed by atoms with van der Waals surface area (Å²) < 4.78 is 11.0. The summed E-state index contributed by atoms with van der Waals surface area (Å²) in [7, 11) is 1.74. The van der Waals surface area contributed by atoms with Crippen LogP contribution in [0.25, 0.3) is 0 Å². The lowest BCUT2D eigenvalue weighted by molar-refractivity contribution is -0.0591. The van der Waals surface area contributed by atoms with E-state index in [1.54, 1.807) is 7.11 Å². The highest BCUT2D eigenvalue weighted by Gasteiger charge is 2.19. The van der Waals surface area contributed by atoms with Crippen LogP contribution < -0.4 is 0 Å². The minimum absolute atomic E-state index is 0.00379. The molecule has 0 rings (SSSR count). The van der Waals surface area contributed by atoms with E-state index in [4.69, 9.17) is 9.47 Å². The molecule has 0 fully saturated rings. The van der Waals surface area contributed by atoms with Gasteiger partial charge in [-0.05, 0) is 40.5 Å². The van der Waals surface area contributed by atoms with Gasteiger partial charge in [0.25, 0.3) is 0 Å². The zero-order valence-electron chi connectivity index (χ0n) is 9.94. The van der Waals surface area contributed by atoms with Crippen molar-refractivity contribution in [1.29, 1.82) is 0 Å². The van der Waals surface area contributed by atoms with Crippen molar-refractivity contribution in [3.8, 4) is 0 Å². The molecular formula is C11H24O2. The molecular weight excluding hydrogens is 164 g/mol. The van der Waals surface area contributed by atoms with E-state index in [1.165, 1.54) is 0 Å². The van der Waals surface area contributed by atoms with E-state index in [2.05, 4.69) is 34.6 Å². The summed E-state index contributed by atoms with van der Waals surface area (Å²) in [5.74, 6) is 0. The van der Waals surface area contributed by atoms with E-state index in [0.29, 0.717) is 0 Å². The van der Waals surface area contributed by atoms with E-state index in [9.17, 15) is 0 Å². The lowest BCUT2D eigenvalue weighted by atomic mass is 10.0. The second-order valence-corrected chi connectivity index (χ2v) is 4.68. The molecule has 0 atom stereocenters. The molecule has 0 aliphatic rings. The minimum Gasteiger partial charge on any atom is -0.379 e. The Morgan fingerprint density at radius 1 is 1.00 bits per heavy atom. The summed E-state index contributed by atoms with van der Waals surface area (Å²) in [6.07, 6.45) is 1.98. The average molecular weight is 188 g/mol. The number of methoxy groups -OCH3 is 1. The summed E-state index contributed by atoms with van der Waals surface area (Å²) in [6, 6.07) is 0. The number of rotatable bonds is 6. The second kappa shape index (κ2) is 4.97. The summed E-state index contributed by atoms with van der Waals surface area (Å²) in [5, 5.41) is 0. The predicted molar refractivity (Wildman–Crippen MR) is 56.0 cm³/mol. The third-order valence-corrected chi connectivity index (χ3v) is 2.60. The summed E-state index contributed by atoms with van der Waals surface area (Å²) in [6.45, 7) is 11.3. The van der Waals surface area contributed by atoms with Crippen LogP contribution in [0.5, 0.6) is 0 Å². The van der Waals surface area contributed by atoms with Gasteiger partial charge in [-0.3, -0.25) is 0 Å². The Balaban J connectivity index is 3.68. The van der Waals surface area contributed by atoms with Gasteiger partial charge in [0.1, 0.15) is 0 Å². The zero-order chi connectivity index (χ0) is 10.5. The van der Waals surface area contributed by atoms with Gasteiger partial charge in [-0.1, -0.05) is 6.92 Å². The van der Waals surface area contributed by atoms with E-state index in [1.807, 2.05) is 0 Å². The molecule has 2 heteroatoms.